The summed E-state index contributed by atoms with van der Waals surface area (Å²) in [7, 11) is 0. The number of rotatable bonds is 5. The van der Waals surface area contributed by atoms with Gasteiger partial charge in [-0.05, 0) is 13.3 Å². The first kappa shape index (κ1) is 12.3. The Kier molecular flexibility index (Phi) is 5.23. The molecule has 1 rings (SSSR count). The Bertz CT molecular complexity index is 160. The maximum atomic E-state index is 9.31. The lowest BCUT2D eigenvalue weighted by Gasteiger charge is -2.20. The molecule has 14 heavy (non-hydrogen) atoms. The molecule has 1 aliphatic rings. The molecule has 3 nitrogen and oxygen atoms in total. The van der Waals surface area contributed by atoms with Gasteiger partial charge in [-0.3, -0.25) is 0 Å². The van der Waals surface area contributed by atoms with Gasteiger partial charge in [0.1, 0.15) is 0 Å². The van der Waals surface area contributed by atoms with Gasteiger partial charge < -0.3 is 15.6 Å². The van der Waals surface area contributed by atoms with Crippen molar-refractivity contribution in [1.82, 2.24) is 0 Å². The van der Waals surface area contributed by atoms with E-state index in [4.69, 9.17) is 10.5 Å². The first-order chi connectivity index (χ1) is 6.61. The number of aliphatic hydroxyl groups is 1. The van der Waals surface area contributed by atoms with Crippen LogP contribution in [0.3, 0.4) is 0 Å². The second-order valence-electron chi connectivity index (χ2n) is 4.07. The number of hydrogen-bond acceptors (Lipinski definition) is 4. The largest absolute Gasteiger partial charge is 0.392 e. The van der Waals surface area contributed by atoms with Gasteiger partial charge in [-0.25, -0.2) is 0 Å². The maximum Gasteiger partial charge on any atom is 0.0628 e. The SMILES string of the molecule is CC(O)C(C)SCC(N)C1CCOC1. The molecule has 1 fully saturated rings. The van der Waals surface area contributed by atoms with Crippen LogP contribution in [0.15, 0.2) is 0 Å². The summed E-state index contributed by atoms with van der Waals surface area (Å²) in [6, 6.07) is 0.212. The Morgan fingerprint density at radius 2 is 2.29 bits per heavy atom. The minimum absolute atomic E-state index is 0.212. The fourth-order valence-electron chi connectivity index (χ4n) is 1.43. The fraction of sp³-hybridized carbons (Fsp3) is 1.00. The van der Waals surface area contributed by atoms with Crippen molar-refractivity contribution in [3.63, 3.8) is 0 Å². The molecule has 0 radical (unpaired) electrons. The highest BCUT2D eigenvalue weighted by Crippen LogP contribution is 2.21. The van der Waals surface area contributed by atoms with Crippen molar-refractivity contribution in [2.75, 3.05) is 19.0 Å². The summed E-state index contributed by atoms with van der Waals surface area (Å²) in [6.07, 6.45) is 0.831. The van der Waals surface area contributed by atoms with Crippen LogP contribution >= 0.6 is 11.8 Å². The van der Waals surface area contributed by atoms with Gasteiger partial charge in [-0.1, -0.05) is 6.92 Å². The van der Waals surface area contributed by atoms with Gasteiger partial charge in [0.15, 0.2) is 0 Å². The molecule has 0 saturated carbocycles. The van der Waals surface area contributed by atoms with Crippen LogP contribution in [0.2, 0.25) is 0 Å². The highest BCUT2D eigenvalue weighted by molar-refractivity contribution is 7.99. The Labute approximate surface area is 90.4 Å². The lowest BCUT2D eigenvalue weighted by molar-refractivity contribution is 0.182. The first-order valence-electron chi connectivity index (χ1n) is 5.24. The molecule has 0 aromatic heterocycles. The normalized spacial score (nSPS) is 28.7. The molecule has 1 aliphatic heterocycles. The molecule has 4 unspecified atom stereocenters. The number of thioether (sulfide) groups is 1. The minimum Gasteiger partial charge on any atom is -0.392 e. The van der Waals surface area contributed by atoms with Gasteiger partial charge >= 0.3 is 0 Å². The zero-order valence-electron chi connectivity index (χ0n) is 8.98. The fourth-order valence-corrected chi connectivity index (χ4v) is 2.51. The topological polar surface area (TPSA) is 55.5 Å². The maximum absolute atomic E-state index is 9.31. The van der Waals surface area contributed by atoms with Crippen molar-refractivity contribution < 1.29 is 9.84 Å². The molecule has 1 heterocycles. The van der Waals surface area contributed by atoms with Gasteiger partial charge in [0, 0.05) is 29.6 Å². The number of nitrogens with two attached hydrogens (primary N) is 1. The second kappa shape index (κ2) is 5.95. The molecule has 0 aliphatic carbocycles. The number of hydrogen-bond donors (Lipinski definition) is 2. The van der Waals surface area contributed by atoms with Crippen molar-refractivity contribution >= 4 is 11.8 Å². The van der Waals surface area contributed by atoms with Crippen LogP contribution in [-0.4, -0.2) is 41.5 Å². The molecule has 0 aromatic rings. The molecule has 0 amide bonds. The molecule has 4 atom stereocenters. The number of aliphatic hydroxyl groups excluding tert-OH is 1. The van der Waals surface area contributed by atoms with E-state index >= 15 is 0 Å². The van der Waals surface area contributed by atoms with E-state index in [9.17, 15) is 5.11 Å². The summed E-state index contributed by atoms with van der Waals surface area (Å²) in [5, 5.41) is 9.58. The van der Waals surface area contributed by atoms with Gasteiger partial charge in [0.25, 0.3) is 0 Å². The Hall–Kier alpha value is 0.230. The molecule has 1 saturated heterocycles. The average molecular weight is 219 g/mol. The third-order valence-corrected chi connectivity index (χ3v) is 4.30. The summed E-state index contributed by atoms with van der Waals surface area (Å²) in [6.45, 7) is 5.52. The van der Waals surface area contributed by atoms with Gasteiger partial charge in [0.2, 0.25) is 0 Å². The highest BCUT2D eigenvalue weighted by Gasteiger charge is 2.23. The lowest BCUT2D eigenvalue weighted by Crippen LogP contribution is -2.34. The standard InChI is InChI=1S/C10H21NO2S/c1-7(12)8(2)14-6-10(11)9-3-4-13-5-9/h7-10,12H,3-6,11H2,1-2H3. The van der Waals surface area contributed by atoms with Gasteiger partial charge in [-0.15, -0.1) is 0 Å². The van der Waals surface area contributed by atoms with E-state index in [1.807, 2.05) is 13.8 Å². The van der Waals surface area contributed by atoms with Crippen LogP contribution in [0.25, 0.3) is 0 Å². The van der Waals surface area contributed by atoms with Crippen LogP contribution in [-0.2, 0) is 4.74 Å². The smallest absolute Gasteiger partial charge is 0.0628 e. The van der Waals surface area contributed by atoms with Crippen molar-refractivity contribution in [3.8, 4) is 0 Å². The Balaban J connectivity index is 2.16. The predicted octanol–water partition coefficient (Wildman–Crippen LogP) is 0.853. The molecule has 4 heteroatoms. The van der Waals surface area contributed by atoms with Crippen molar-refractivity contribution in [2.24, 2.45) is 11.7 Å². The van der Waals surface area contributed by atoms with Gasteiger partial charge in [-0.2, -0.15) is 11.8 Å². The summed E-state index contributed by atoms with van der Waals surface area (Å²) in [5.74, 6) is 1.43. The van der Waals surface area contributed by atoms with Crippen LogP contribution in [0.5, 0.6) is 0 Å². The van der Waals surface area contributed by atoms with Crippen molar-refractivity contribution in [2.45, 2.75) is 37.7 Å². The van der Waals surface area contributed by atoms with E-state index in [1.165, 1.54) is 0 Å². The monoisotopic (exact) mass is 219 g/mol. The molecule has 0 spiro atoms. The quantitative estimate of drug-likeness (QED) is 0.720. The third-order valence-electron chi connectivity index (χ3n) is 2.80. The average Bonchev–Trinajstić information content (AvgIpc) is 2.66. The summed E-state index contributed by atoms with van der Waals surface area (Å²) < 4.78 is 5.29. The molecule has 0 bridgehead atoms. The molecule has 3 N–H and O–H groups in total. The van der Waals surface area contributed by atoms with Crippen LogP contribution in [0.1, 0.15) is 20.3 Å². The van der Waals surface area contributed by atoms with Crippen LogP contribution < -0.4 is 5.73 Å². The Morgan fingerprint density at radius 3 is 2.79 bits per heavy atom. The summed E-state index contributed by atoms with van der Waals surface area (Å²) in [5.41, 5.74) is 6.04. The third kappa shape index (κ3) is 3.77. The van der Waals surface area contributed by atoms with Crippen LogP contribution in [0, 0.1) is 5.92 Å². The Morgan fingerprint density at radius 1 is 1.57 bits per heavy atom. The second-order valence-corrected chi connectivity index (χ2v) is 5.48. The first-order valence-corrected chi connectivity index (χ1v) is 6.29. The van der Waals surface area contributed by atoms with E-state index in [0.717, 1.165) is 25.4 Å². The summed E-state index contributed by atoms with van der Waals surface area (Å²) >= 11 is 1.75. The lowest BCUT2D eigenvalue weighted by atomic mass is 10.0. The highest BCUT2D eigenvalue weighted by atomic mass is 32.2. The van der Waals surface area contributed by atoms with Crippen molar-refractivity contribution in [1.29, 1.82) is 0 Å². The van der Waals surface area contributed by atoms with E-state index < -0.39 is 0 Å². The van der Waals surface area contributed by atoms with Gasteiger partial charge in [0.05, 0.1) is 12.7 Å². The molecular formula is C10H21NO2S. The molecular weight excluding hydrogens is 198 g/mol. The minimum atomic E-state index is -0.257. The van der Waals surface area contributed by atoms with E-state index in [2.05, 4.69) is 0 Å². The van der Waals surface area contributed by atoms with E-state index in [0.29, 0.717) is 5.92 Å². The zero-order valence-corrected chi connectivity index (χ0v) is 9.80. The van der Waals surface area contributed by atoms with Crippen LogP contribution in [0.4, 0.5) is 0 Å². The zero-order chi connectivity index (χ0) is 10.6. The van der Waals surface area contributed by atoms with E-state index in [-0.39, 0.29) is 17.4 Å². The van der Waals surface area contributed by atoms with E-state index in [1.54, 1.807) is 11.8 Å². The number of ether oxygens (including phenoxy) is 1. The van der Waals surface area contributed by atoms with Crippen molar-refractivity contribution in [3.05, 3.63) is 0 Å². The molecule has 0 aromatic carbocycles. The predicted molar refractivity (Wildman–Crippen MR) is 60.5 cm³/mol. The molecule has 84 valence electrons. The summed E-state index contributed by atoms with van der Waals surface area (Å²) in [4.78, 5) is 0.